The summed E-state index contributed by atoms with van der Waals surface area (Å²) in [6.07, 6.45) is -2.00. The largest absolute Gasteiger partial charge is 0.463 e. The van der Waals surface area contributed by atoms with Gasteiger partial charge in [-0.1, -0.05) is 0 Å². The Morgan fingerprint density at radius 1 is 1.20 bits per heavy atom. The van der Waals surface area contributed by atoms with Crippen molar-refractivity contribution in [2.45, 2.75) is 51.8 Å². The molecule has 1 fully saturated rings. The minimum Gasteiger partial charge on any atom is -0.463 e. The summed E-state index contributed by atoms with van der Waals surface area (Å²) in [5.41, 5.74) is 2.33. The summed E-state index contributed by atoms with van der Waals surface area (Å²) >= 11 is 5.22. The number of hydrogen-bond donors (Lipinski definition) is 1. The van der Waals surface area contributed by atoms with Gasteiger partial charge in [0, 0.05) is 13.8 Å². The molecule has 0 aliphatic carbocycles. The molecule has 2 N–H and O–H groups in total. The lowest BCUT2D eigenvalue weighted by Crippen LogP contribution is -2.45. The molecule has 35 heavy (non-hydrogen) atoms. The van der Waals surface area contributed by atoms with Crippen LogP contribution >= 0.6 is 6.49 Å². The molecule has 0 amide bonds. The second-order valence-corrected chi connectivity index (χ2v) is 11.0. The van der Waals surface area contributed by atoms with Crippen molar-refractivity contribution in [3.8, 4) is 0 Å². The van der Waals surface area contributed by atoms with Crippen LogP contribution in [0.25, 0.3) is 11.2 Å². The zero-order chi connectivity index (χ0) is 26.0. The van der Waals surface area contributed by atoms with E-state index in [-0.39, 0.29) is 30.2 Å². The first kappa shape index (κ1) is 27.3. The maximum Gasteiger partial charge on any atom is 0.329 e. The molecular formula is C19H26F2N5O7PS. The molecule has 194 valence electrons. The maximum atomic E-state index is 16.2. The molecule has 16 heteroatoms. The Labute approximate surface area is 204 Å². The van der Waals surface area contributed by atoms with Gasteiger partial charge in [-0.05, 0) is 25.7 Å². The van der Waals surface area contributed by atoms with E-state index in [0.717, 1.165) is 20.2 Å². The minimum absolute atomic E-state index is 0.0531. The van der Waals surface area contributed by atoms with Crippen molar-refractivity contribution in [2.75, 3.05) is 25.6 Å². The van der Waals surface area contributed by atoms with E-state index in [2.05, 4.69) is 15.0 Å². The van der Waals surface area contributed by atoms with Crippen molar-refractivity contribution in [1.29, 1.82) is 0 Å². The van der Waals surface area contributed by atoms with E-state index in [1.54, 1.807) is 0 Å². The maximum absolute atomic E-state index is 16.2. The average Bonchev–Trinajstić information content (AvgIpc) is 3.34. The number of halogens is 2. The highest BCUT2D eigenvalue weighted by atomic mass is 32.5. The van der Waals surface area contributed by atoms with Crippen LogP contribution in [0, 0.1) is 5.92 Å². The highest BCUT2D eigenvalue weighted by Gasteiger charge is 2.66. The molecule has 0 bridgehead atoms. The highest BCUT2D eigenvalue weighted by Crippen LogP contribution is 2.68. The number of nitrogens with zero attached hydrogens (tertiary/aromatic N) is 4. The molecule has 1 aliphatic rings. The van der Waals surface area contributed by atoms with E-state index in [0.29, 0.717) is 0 Å². The fourth-order valence-electron chi connectivity index (χ4n) is 3.83. The van der Waals surface area contributed by atoms with Crippen LogP contribution in [0.2, 0.25) is 0 Å². The summed E-state index contributed by atoms with van der Waals surface area (Å²) in [6.45, 7) is 0.0754. The van der Waals surface area contributed by atoms with Crippen molar-refractivity contribution in [1.82, 2.24) is 19.5 Å². The average molecular weight is 537 g/mol. The highest BCUT2D eigenvalue weighted by molar-refractivity contribution is 8.10. The fourth-order valence-corrected chi connectivity index (χ4v) is 6.60. The number of rotatable bonds is 10. The number of nitrogen functional groups attached to an aromatic ring is 1. The molecule has 0 spiro atoms. The topological polar surface area (TPSA) is 150 Å². The molecule has 0 radical (unpaired) electrons. The van der Waals surface area contributed by atoms with Gasteiger partial charge in [-0.3, -0.25) is 14.2 Å². The summed E-state index contributed by atoms with van der Waals surface area (Å²) in [4.78, 5) is 35.6. The Bertz CT molecular complexity index is 1130. The lowest BCUT2D eigenvalue weighted by atomic mass is 9.98. The first-order valence-corrected chi connectivity index (χ1v) is 13.3. The molecule has 4 atom stereocenters. The van der Waals surface area contributed by atoms with Gasteiger partial charge in [-0.15, -0.1) is 0 Å². The summed E-state index contributed by atoms with van der Waals surface area (Å²) < 4.78 is 60.6. The van der Waals surface area contributed by atoms with Gasteiger partial charge in [-0.25, -0.2) is 15.0 Å². The quantitative estimate of drug-likeness (QED) is 0.350. The molecule has 0 aromatic carbocycles. The lowest BCUT2D eigenvalue weighted by Gasteiger charge is -2.36. The summed E-state index contributed by atoms with van der Waals surface area (Å²) in [5, 5.41) is 0. The Morgan fingerprint density at radius 2 is 1.86 bits per heavy atom. The third kappa shape index (κ3) is 5.28. The second-order valence-electron chi connectivity index (χ2n) is 7.47. The Morgan fingerprint density at radius 3 is 2.43 bits per heavy atom. The zero-order valence-corrected chi connectivity index (χ0v) is 21.1. The molecular weight excluding hydrogens is 511 g/mol. The number of fused-ring (bicyclic) bond motifs is 1. The Balaban J connectivity index is 2.16. The second kappa shape index (κ2) is 10.7. The number of alkyl halides is 2. The molecule has 0 unspecified atom stereocenters. The predicted molar refractivity (Wildman–Crippen MR) is 122 cm³/mol. The van der Waals surface area contributed by atoms with Gasteiger partial charge in [0.25, 0.3) is 6.49 Å². The third-order valence-electron chi connectivity index (χ3n) is 5.13. The standard InChI is InChI=1S/C19H26F2N5O7PS/c1-5-30-34(35,31-6-2)19(20,21)13-12(7-29-10(3)27)33-18(15(13)32-11(4)28)26-9-25-14-16(22)23-8-24-17(14)26/h8-9,12-13,15,18H,5-7H2,1-4H3,(H2,22,23,24)/t12-,13-,15-,18-/m1/s1. The van der Waals surface area contributed by atoms with Crippen LogP contribution in [0.15, 0.2) is 12.7 Å². The number of carbonyl (C=O) groups is 2. The van der Waals surface area contributed by atoms with E-state index in [1.165, 1.54) is 24.7 Å². The van der Waals surface area contributed by atoms with Gasteiger partial charge in [-0.2, -0.15) is 8.78 Å². The van der Waals surface area contributed by atoms with Crippen LogP contribution in [0.1, 0.15) is 33.9 Å². The number of carbonyl (C=O) groups excluding carboxylic acids is 2. The zero-order valence-electron chi connectivity index (χ0n) is 19.4. The fraction of sp³-hybridized carbons (Fsp3) is 0.632. The molecule has 3 heterocycles. The lowest BCUT2D eigenvalue weighted by molar-refractivity contribution is -0.158. The minimum atomic E-state index is -4.28. The first-order chi connectivity index (χ1) is 16.5. The van der Waals surface area contributed by atoms with Gasteiger partial charge >= 0.3 is 17.6 Å². The van der Waals surface area contributed by atoms with E-state index in [1.807, 2.05) is 0 Å². The van der Waals surface area contributed by atoms with E-state index in [4.69, 9.17) is 40.8 Å². The van der Waals surface area contributed by atoms with Crippen LogP contribution < -0.4 is 5.73 Å². The SMILES string of the molecule is CCOP(=S)(OCC)C(F)(F)[C@H]1[C@@H](OC(C)=O)[C@H](n2cnc3c(N)ncnc32)O[C@@H]1COC(C)=O. The van der Waals surface area contributed by atoms with E-state index >= 15 is 8.78 Å². The van der Waals surface area contributed by atoms with Crippen LogP contribution in [0.3, 0.4) is 0 Å². The smallest absolute Gasteiger partial charge is 0.329 e. The van der Waals surface area contributed by atoms with Crippen molar-refractivity contribution in [3.05, 3.63) is 12.7 Å². The number of esters is 2. The van der Waals surface area contributed by atoms with E-state index < -0.39 is 55.1 Å². The van der Waals surface area contributed by atoms with Crippen molar-refractivity contribution >= 4 is 47.2 Å². The van der Waals surface area contributed by atoms with Crippen LogP contribution in [-0.4, -0.2) is 69.1 Å². The van der Waals surface area contributed by atoms with Crippen LogP contribution in [0.4, 0.5) is 14.6 Å². The summed E-state index contributed by atoms with van der Waals surface area (Å²) in [6, 6.07) is 0. The Hall–Kier alpha value is -2.32. The normalized spacial score (nSPS) is 22.9. The van der Waals surface area contributed by atoms with Gasteiger partial charge < -0.3 is 29.0 Å². The molecule has 3 rings (SSSR count). The van der Waals surface area contributed by atoms with Crippen molar-refractivity contribution in [2.24, 2.45) is 5.92 Å². The predicted octanol–water partition coefficient (Wildman–Crippen LogP) is 2.39. The number of ether oxygens (including phenoxy) is 3. The monoisotopic (exact) mass is 537 g/mol. The van der Waals surface area contributed by atoms with Gasteiger partial charge in [0.05, 0.1) is 19.5 Å². The first-order valence-electron chi connectivity index (χ1n) is 10.6. The molecule has 1 aliphatic heterocycles. The molecule has 0 saturated carbocycles. The third-order valence-corrected chi connectivity index (χ3v) is 8.72. The van der Waals surface area contributed by atoms with Crippen molar-refractivity contribution < 1.29 is 41.6 Å². The van der Waals surface area contributed by atoms with Crippen LogP contribution in [-0.2, 0) is 44.7 Å². The number of hydrogen-bond acceptors (Lipinski definition) is 12. The van der Waals surface area contributed by atoms with Gasteiger partial charge in [0.2, 0.25) is 0 Å². The van der Waals surface area contributed by atoms with Crippen molar-refractivity contribution in [3.63, 3.8) is 0 Å². The molecule has 12 nitrogen and oxygen atoms in total. The van der Waals surface area contributed by atoms with E-state index in [9.17, 15) is 9.59 Å². The Kier molecular flexibility index (Phi) is 8.37. The molecule has 2 aromatic heterocycles. The summed E-state index contributed by atoms with van der Waals surface area (Å²) in [5.74, 6) is -3.42. The number of anilines is 1. The van der Waals surface area contributed by atoms with Gasteiger partial charge in [0.15, 0.2) is 23.8 Å². The summed E-state index contributed by atoms with van der Waals surface area (Å²) in [7, 11) is 0. The van der Waals surface area contributed by atoms with Gasteiger partial charge in [0.1, 0.15) is 30.5 Å². The van der Waals surface area contributed by atoms with Crippen LogP contribution in [0.5, 0.6) is 0 Å². The number of imidazole rings is 1. The number of nitrogens with two attached hydrogens (primary N) is 1. The number of aromatic nitrogens is 4. The molecule has 1 saturated heterocycles. The molecule has 2 aromatic rings.